The normalized spacial score (nSPS) is 31.1. The van der Waals surface area contributed by atoms with Gasteiger partial charge in [0.2, 0.25) is 0 Å². The molecule has 3 rings (SSSR count). The van der Waals surface area contributed by atoms with E-state index in [0.717, 1.165) is 12.1 Å². The fraction of sp³-hybridized carbons (Fsp3) is 1.00. The lowest BCUT2D eigenvalue weighted by atomic mass is 9.84. The van der Waals surface area contributed by atoms with Crippen molar-refractivity contribution in [3.05, 3.63) is 0 Å². The van der Waals surface area contributed by atoms with Gasteiger partial charge in [0.1, 0.15) is 0 Å². The highest BCUT2D eigenvalue weighted by molar-refractivity contribution is 4.93. The topological polar surface area (TPSA) is 18.5 Å². The zero-order chi connectivity index (χ0) is 14.0. The van der Waals surface area contributed by atoms with Gasteiger partial charge in [-0.1, -0.05) is 12.8 Å². The third-order valence-electron chi connectivity index (χ3n) is 5.82. The lowest BCUT2D eigenvalue weighted by Crippen LogP contribution is -2.50. The summed E-state index contributed by atoms with van der Waals surface area (Å²) >= 11 is 0. The lowest BCUT2D eigenvalue weighted by molar-refractivity contribution is 0.0870. The van der Waals surface area contributed by atoms with Crippen molar-refractivity contribution in [1.29, 1.82) is 0 Å². The average Bonchev–Trinajstić information content (AvgIpc) is 3.16. The van der Waals surface area contributed by atoms with Crippen LogP contribution in [-0.2, 0) is 0 Å². The maximum Gasteiger partial charge on any atom is 0.0220 e. The van der Waals surface area contributed by atoms with E-state index in [1.54, 1.807) is 0 Å². The van der Waals surface area contributed by atoms with Crippen LogP contribution in [0.2, 0.25) is 0 Å². The van der Waals surface area contributed by atoms with Gasteiger partial charge in [0.25, 0.3) is 0 Å². The van der Waals surface area contributed by atoms with Gasteiger partial charge in [-0.2, -0.15) is 0 Å². The van der Waals surface area contributed by atoms with Crippen LogP contribution < -0.4 is 5.32 Å². The second kappa shape index (κ2) is 6.33. The summed E-state index contributed by atoms with van der Waals surface area (Å²) in [4.78, 5) is 5.20. The zero-order valence-electron chi connectivity index (χ0n) is 13.5. The Hall–Kier alpha value is -0.120. The minimum Gasteiger partial charge on any atom is -0.313 e. The van der Waals surface area contributed by atoms with Crippen LogP contribution in [0, 0.1) is 5.41 Å². The van der Waals surface area contributed by atoms with Gasteiger partial charge < -0.3 is 15.1 Å². The maximum atomic E-state index is 3.82. The quantitative estimate of drug-likeness (QED) is 0.805. The summed E-state index contributed by atoms with van der Waals surface area (Å²) in [5, 5.41) is 3.82. The van der Waals surface area contributed by atoms with Crippen molar-refractivity contribution in [2.45, 2.75) is 63.5 Å². The summed E-state index contributed by atoms with van der Waals surface area (Å²) in [5.41, 5.74) is 0.577. The van der Waals surface area contributed by atoms with E-state index in [-0.39, 0.29) is 0 Å². The van der Waals surface area contributed by atoms with Crippen LogP contribution in [0.25, 0.3) is 0 Å². The van der Waals surface area contributed by atoms with Crippen LogP contribution in [0.5, 0.6) is 0 Å². The molecule has 20 heavy (non-hydrogen) atoms. The second-order valence-corrected chi connectivity index (χ2v) is 7.84. The highest BCUT2D eigenvalue weighted by Crippen LogP contribution is 2.39. The van der Waals surface area contributed by atoms with Gasteiger partial charge in [-0.25, -0.2) is 0 Å². The monoisotopic (exact) mass is 279 g/mol. The minimum absolute atomic E-state index is 0.577. The van der Waals surface area contributed by atoms with Crippen molar-refractivity contribution >= 4 is 0 Å². The second-order valence-electron chi connectivity index (χ2n) is 7.84. The van der Waals surface area contributed by atoms with E-state index in [1.165, 1.54) is 77.5 Å². The van der Waals surface area contributed by atoms with Crippen LogP contribution in [-0.4, -0.2) is 62.2 Å². The van der Waals surface area contributed by atoms with E-state index in [1.807, 2.05) is 0 Å². The minimum atomic E-state index is 0.577. The van der Waals surface area contributed by atoms with E-state index in [0.29, 0.717) is 5.41 Å². The molecule has 2 saturated carbocycles. The first-order chi connectivity index (χ1) is 9.67. The third-order valence-corrected chi connectivity index (χ3v) is 5.82. The molecule has 1 atom stereocenters. The summed E-state index contributed by atoms with van der Waals surface area (Å²) < 4.78 is 0. The molecule has 0 aromatic carbocycles. The summed E-state index contributed by atoms with van der Waals surface area (Å²) in [5.74, 6) is 0. The number of nitrogens with one attached hydrogen (secondary N) is 1. The van der Waals surface area contributed by atoms with Crippen molar-refractivity contribution < 1.29 is 0 Å². The van der Waals surface area contributed by atoms with E-state index in [4.69, 9.17) is 0 Å². The third kappa shape index (κ3) is 3.75. The molecule has 0 aromatic rings. The molecule has 0 bridgehead atoms. The fourth-order valence-corrected chi connectivity index (χ4v) is 4.32. The average molecular weight is 279 g/mol. The van der Waals surface area contributed by atoms with E-state index >= 15 is 0 Å². The Bertz CT molecular complexity index is 307. The van der Waals surface area contributed by atoms with Gasteiger partial charge in [-0.15, -0.1) is 0 Å². The Morgan fingerprint density at radius 1 is 1.15 bits per heavy atom. The Morgan fingerprint density at radius 2 is 1.90 bits per heavy atom. The van der Waals surface area contributed by atoms with Crippen LogP contribution in [0.15, 0.2) is 0 Å². The predicted molar refractivity (Wildman–Crippen MR) is 85.1 cm³/mol. The van der Waals surface area contributed by atoms with Gasteiger partial charge in [-0.05, 0) is 64.6 Å². The molecule has 1 heterocycles. The lowest BCUT2D eigenvalue weighted by Gasteiger charge is -2.41. The molecule has 0 radical (unpaired) electrons. The van der Waals surface area contributed by atoms with Gasteiger partial charge in [0, 0.05) is 31.7 Å². The Morgan fingerprint density at radius 3 is 2.55 bits per heavy atom. The molecular formula is C17H33N3. The summed E-state index contributed by atoms with van der Waals surface area (Å²) in [7, 11) is 4.65. The van der Waals surface area contributed by atoms with Crippen LogP contribution in [0.4, 0.5) is 0 Å². The Labute approximate surface area is 125 Å². The molecule has 116 valence electrons. The predicted octanol–water partition coefficient (Wildman–Crippen LogP) is 2.32. The molecule has 3 heteroatoms. The summed E-state index contributed by atoms with van der Waals surface area (Å²) in [6.07, 6.45) is 11.4. The van der Waals surface area contributed by atoms with Crippen molar-refractivity contribution in [2.24, 2.45) is 5.41 Å². The van der Waals surface area contributed by atoms with Crippen molar-refractivity contribution in [3.8, 4) is 0 Å². The number of nitrogens with zero attached hydrogens (tertiary/aromatic N) is 2. The molecule has 3 aliphatic rings. The number of hydrogen-bond donors (Lipinski definition) is 1. The number of hydrogen-bond acceptors (Lipinski definition) is 3. The molecule has 1 unspecified atom stereocenters. The molecule has 1 aliphatic heterocycles. The van der Waals surface area contributed by atoms with E-state index in [9.17, 15) is 0 Å². The molecule has 0 spiro atoms. The van der Waals surface area contributed by atoms with Gasteiger partial charge in [0.15, 0.2) is 0 Å². The van der Waals surface area contributed by atoms with Crippen LogP contribution >= 0.6 is 0 Å². The Balaban J connectivity index is 1.54. The number of likely N-dealkylation sites (tertiary alicyclic amines) is 1. The molecule has 3 nitrogen and oxygen atoms in total. The summed E-state index contributed by atoms with van der Waals surface area (Å²) in [6.45, 7) is 5.14. The first-order valence-corrected chi connectivity index (χ1v) is 8.79. The molecule has 0 amide bonds. The maximum absolute atomic E-state index is 3.82. The van der Waals surface area contributed by atoms with E-state index < -0.39 is 0 Å². The number of likely N-dealkylation sites (N-methyl/N-ethyl adjacent to an activating group) is 2. The zero-order valence-corrected chi connectivity index (χ0v) is 13.5. The SMILES string of the molecule is CN1CCCC(N(C)CC2(CNC3CC3)CCCC2)C1. The van der Waals surface area contributed by atoms with Gasteiger partial charge in [-0.3, -0.25) is 0 Å². The molecular weight excluding hydrogens is 246 g/mol. The van der Waals surface area contributed by atoms with Crippen molar-refractivity contribution in [3.63, 3.8) is 0 Å². The smallest absolute Gasteiger partial charge is 0.0220 e. The molecule has 2 aliphatic carbocycles. The highest BCUT2D eigenvalue weighted by Gasteiger charge is 2.37. The molecule has 1 saturated heterocycles. The van der Waals surface area contributed by atoms with E-state index in [2.05, 4.69) is 29.2 Å². The summed E-state index contributed by atoms with van der Waals surface area (Å²) in [6, 6.07) is 1.64. The van der Waals surface area contributed by atoms with Gasteiger partial charge in [0.05, 0.1) is 0 Å². The molecule has 3 fully saturated rings. The number of piperidine rings is 1. The van der Waals surface area contributed by atoms with Crippen molar-refractivity contribution in [1.82, 2.24) is 15.1 Å². The van der Waals surface area contributed by atoms with Crippen LogP contribution in [0.1, 0.15) is 51.4 Å². The Kier molecular flexibility index (Phi) is 4.68. The molecule has 1 N–H and O–H groups in total. The van der Waals surface area contributed by atoms with Gasteiger partial charge >= 0.3 is 0 Å². The highest BCUT2D eigenvalue weighted by atomic mass is 15.2. The van der Waals surface area contributed by atoms with Crippen molar-refractivity contribution in [2.75, 3.05) is 40.3 Å². The molecule has 0 aromatic heterocycles. The standard InChI is InChI=1S/C17H33N3/c1-19-11-5-6-16(12-19)20(2)14-17(9-3-4-10-17)13-18-15-7-8-15/h15-16,18H,3-14H2,1-2H3. The number of rotatable bonds is 6. The first-order valence-electron chi connectivity index (χ1n) is 8.79. The largest absolute Gasteiger partial charge is 0.313 e. The fourth-order valence-electron chi connectivity index (χ4n) is 4.32. The first kappa shape index (κ1) is 14.8. The van der Waals surface area contributed by atoms with Crippen LogP contribution in [0.3, 0.4) is 0 Å².